The Morgan fingerprint density at radius 1 is 1.14 bits per heavy atom. The summed E-state index contributed by atoms with van der Waals surface area (Å²) in [6, 6.07) is 13.8. The molecule has 0 amide bonds. The van der Waals surface area contributed by atoms with E-state index in [4.69, 9.17) is 23.8 Å². The van der Waals surface area contributed by atoms with Gasteiger partial charge >= 0.3 is 0 Å². The molecule has 0 bridgehead atoms. The normalized spacial score (nSPS) is 19.0. The summed E-state index contributed by atoms with van der Waals surface area (Å²) < 4.78 is 2.09. The zero-order valence-electron chi connectivity index (χ0n) is 16.4. The maximum atomic E-state index is 6.04. The van der Waals surface area contributed by atoms with Crippen molar-refractivity contribution in [1.29, 1.82) is 0 Å². The molecule has 4 heterocycles. The van der Waals surface area contributed by atoms with Crippen LogP contribution >= 0.6 is 23.8 Å². The van der Waals surface area contributed by atoms with Gasteiger partial charge in [-0.15, -0.1) is 0 Å². The zero-order valence-corrected chi connectivity index (χ0v) is 17.9. The molecule has 3 aromatic rings. The maximum Gasteiger partial charge on any atom is 0.170 e. The summed E-state index contributed by atoms with van der Waals surface area (Å²) in [6.07, 6.45) is 5.50. The molecule has 0 saturated carbocycles. The van der Waals surface area contributed by atoms with Gasteiger partial charge in [0.05, 0.1) is 22.8 Å². The molecular formula is C21H23ClN6S. The molecule has 0 aromatic carbocycles. The minimum atomic E-state index is -0.0492. The summed E-state index contributed by atoms with van der Waals surface area (Å²) in [6.45, 7) is 1.71. The first-order valence-electron chi connectivity index (χ1n) is 9.46. The van der Waals surface area contributed by atoms with Crippen LogP contribution in [-0.2, 0) is 0 Å². The third-order valence-corrected chi connectivity index (χ3v) is 5.60. The summed E-state index contributed by atoms with van der Waals surface area (Å²) in [5, 5.41) is 4.85. The molecule has 8 heteroatoms. The van der Waals surface area contributed by atoms with Crippen LogP contribution in [0, 0.1) is 0 Å². The Balaban J connectivity index is 1.77. The van der Waals surface area contributed by atoms with Gasteiger partial charge in [0.25, 0.3) is 0 Å². The van der Waals surface area contributed by atoms with Crippen molar-refractivity contribution < 1.29 is 0 Å². The first kappa shape index (κ1) is 19.8. The number of nitrogens with zero attached hydrogens (tertiary/aromatic N) is 5. The summed E-state index contributed by atoms with van der Waals surface area (Å²) in [5.41, 5.74) is 2.06. The highest BCUT2D eigenvalue weighted by Gasteiger charge is 2.41. The monoisotopic (exact) mass is 426 g/mol. The number of aromatic nitrogens is 3. The molecular weight excluding hydrogens is 404 g/mol. The first-order chi connectivity index (χ1) is 14.0. The molecule has 0 aliphatic carbocycles. The lowest BCUT2D eigenvalue weighted by molar-refractivity contribution is 0.272. The highest BCUT2D eigenvalue weighted by molar-refractivity contribution is 7.80. The Morgan fingerprint density at radius 2 is 2.00 bits per heavy atom. The number of rotatable bonds is 6. The van der Waals surface area contributed by atoms with Crippen LogP contribution in [0.3, 0.4) is 0 Å². The van der Waals surface area contributed by atoms with Crippen LogP contribution in [0.2, 0.25) is 5.02 Å². The van der Waals surface area contributed by atoms with Crippen LogP contribution < -0.4 is 5.32 Å². The second-order valence-corrected chi connectivity index (χ2v) is 8.08. The fourth-order valence-corrected chi connectivity index (χ4v) is 4.07. The number of likely N-dealkylation sites (N-methyl/N-ethyl adjacent to an activating group) is 1. The van der Waals surface area contributed by atoms with Crippen molar-refractivity contribution in [3.05, 3.63) is 77.5 Å². The van der Waals surface area contributed by atoms with E-state index in [0.717, 1.165) is 35.4 Å². The minimum absolute atomic E-state index is 0.00942. The zero-order chi connectivity index (χ0) is 20.4. The van der Waals surface area contributed by atoms with E-state index < -0.39 is 0 Å². The van der Waals surface area contributed by atoms with E-state index in [-0.39, 0.29) is 12.1 Å². The molecule has 2 atom stereocenters. The SMILES string of the molecule is CN(C)CCN1C(=S)N[C@@H](c2ccccn2)[C@H]1c1cccn1-c1ccc(Cl)cn1. The van der Waals surface area contributed by atoms with Crippen LogP contribution in [0.4, 0.5) is 0 Å². The van der Waals surface area contributed by atoms with Gasteiger partial charge in [0, 0.05) is 37.4 Å². The average Bonchev–Trinajstić information content (AvgIpc) is 3.32. The highest BCUT2D eigenvalue weighted by atomic mass is 35.5. The molecule has 0 spiro atoms. The van der Waals surface area contributed by atoms with Crippen LogP contribution in [-0.4, -0.2) is 56.6 Å². The van der Waals surface area contributed by atoms with Gasteiger partial charge in [-0.2, -0.15) is 0 Å². The van der Waals surface area contributed by atoms with E-state index in [1.807, 2.05) is 48.8 Å². The molecule has 0 unspecified atom stereocenters. The van der Waals surface area contributed by atoms with Gasteiger partial charge in [0.1, 0.15) is 5.82 Å². The van der Waals surface area contributed by atoms with Crippen LogP contribution in [0.15, 0.2) is 61.1 Å². The van der Waals surface area contributed by atoms with Gasteiger partial charge in [-0.25, -0.2) is 4.98 Å². The molecule has 29 heavy (non-hydrogen) atoms. The molecule has 3 aromatic heterocycles. The minimum Gasteiger partial charge on any atom is -0.352 e. The van der Waals surface area contributed by atoms with Crippen LogP contribution in [0.5, 0.6) is 0 Å². The molecule has 4 rings (SSSR count). The molecule has 1 saturated heterocycles. The first-order valence-corrected chi connectivity index (χ1v) is 10.2. The van der Waals surface area contributed by atoms with Crippen molar-refractivity contribution in [3.63, 3.8) is 0 Å². The standard InChI is InChI=1S/C21H23ClN6S/c1-26(2)12-13-28-20(19(25-21(28)29)16-6-3-4-10-23-16)17-7-5-11-27(17)18-9-8-15(22)14-24-18/h3-11,14,19-20H,12-13H2,1-2H3,(H,25,29)/t19-,20+/m0/s1. The molecule has 1 fully saturated rings. The predicted octanol–water partition coefficient (Wildman–Crippen LogP) is 3.45. The second-order valence-electron chi connectivity index (χ2n) is 7.26. The van der Waals surface area contributed by atoms with Gasteiger partial charge in [0.2, 0.25) is 0 Å². The number of hydrogen-bond acceptors (Lipinski definition) is 4. The van der Waals surface area contributed by atoms with Crippen molar-refractivity contribution in [3.8, 4) is 5.82 Å². The molecule has 0 radical (unpaired) electrons. The number of hydrogen-bond donors (Lipinski definition) is 1. The molecule has 1 N–H and O–H groups in total. The third kappa shape index (κ3) is 4.12. The number of pyridine rings is 2. The van der Waals surface area contributed by atoms with Gasteiger partial charge in [-0.3, -0.25) is 4.98 Å². The van der Waals surface area contributed by atoms with Crippen LogP contribution in [0.25, 0.3) is 5.82 Å². The van der Waals surface area contributed by atoms with Gasteiger partial charge < -0.3 is 19.7 Å². The lowest BCUT2D eigenvalue weighted by atomic mass is 10.0. The van der Waals surface area contributed by atoms with Gasteiger partial charge in [0.15, 0.2) is 5.11 Å². The Hall–Kier alpha value is -2.48. The number of halogens is 1. The van der Waals surface area contributed by atoms with E-state index in [0.29, 0.717) is 5.02 Å². The number of nitrogens with one attached hydrogen (secondary N) is 1. The Morgan fingerprint density at radius 3 is 2.69 bits per heavy atom. The van der Waals surface area contributed by atoms with Crippen molar-refractivity contribution in [2.24, 2.45) is 0 Å². The van der Waals surface area contributed by atoms with E-state index in [1.54, 1.807) is 6.20 Å². The Bertz CT molecular complexity index is 972. The maximum absolute atomic E-state index is 6.04. The molecule has 6 nitrogen and oxygen atoms in total. The smallest absolute Gasteiger partial charge is 0.170 e. The summed E-state index contributed by atoms with van der Waals surface area (Å²) in [4.78, 5) is 13.5. The second kappa shape index (κ2) is 8.49. The van der Waals surface area contributed by atoms with E-state index in [1.165, 1.54) is 0 Å². The third-order valence-electron chi connectivity index (χ3n) is 5.03. The quantitative estimate of drug-likeness (QED) is 0.609. The van der Waals surface area contributed by atoms with Crippen molar-refractivity contribution in [2.45, 2.75) is 12.1 Å². The fraction of sp³-hybridized carbons (Fsp3) is 0.286. The lowest BCUT2D eigenvalue weighted by Crippen LogP contribution is -2.36. The summed E-state index contributed by atoms with van der Waals surface area (Å²) >= 11 is 11.8. The number of thiocarbonyl (C=S) groups is 1. The van der Waals surface area contributed by atoms with Crippen molar-refractivity contribution >= 4 is 28.9 Å². The topological polar surface area (TPSA) is 49.2 Å². The van der Waals surface area contributed by atoms with Crippen LogP contribution in [0.1, 0.15) is 23.5 Å². The average molecular weight is 427 g/mol. The Kier molecular flexibility index (Phi) is 5.80. The van der Waals surface area contributed by atoms with Crippen molar-refractivity contribution in [1.82, 2.24) is 29.7 Å². The van der Waals surface area contributed by atoms with Crippen molar-refractivity contribution in [2.75, 3.05) is 27.2 Å². The van der Waals surface area contributed by atoms with E-state index >= 15 is 0 Å². The fourth-order valence-electron chi connectivity index (χ4n) is 3.63. The Labute approximate surface area is 181 Å². The van der Waals surface area contributed by atoms with Gasteiger partial charge in [-0.1, -0.05) is 17.7 Å². The predicted molar refractivity (Wildman–Crippen MR) is 119 cm³/mol. The molecule has 1 aliphatic rings. The largest absolute Gasteiger partial charge is 0.352 e. The molecule has 1 aliphatic heterocycles. The van der Waals surface area contributed by atoms with Gasteiger partial charge in [-0.05, 0) is 62.7 Å². The highest BCUT2D eigenvalue weighted by Crippen LogP contribution is 2.39. The van der Waals surface area contributed by atoms with E-state index in [9.17, 15) is 0 Å². The molecule has 150 valence electrons. The lowest BCUT2D eigenvalue weighted by Gasteiger charge is -2.29. The summed E-state index contributed by atoms with van der Waals surface area (Å²) in [7, 11) is 4.14. The van der Waals surface area contributed by atoms with E-state index in [2.05, 4.69) is 49.8 Å². The summed E-state index contributed by atoms with van der Waals surface area (Å²) in [5.74, 6) is 0.819.